The van der Waals surface area contributed by atoms with Crippen molar-refractivity contribution in [1.82, 2.24) is 0 Å². The minimum absolute atomic E-state index is 0.0272. The van der Waals surface area contributed by atoms with Gasteiger partial charge in [0.15, 0.2) is 5.78 Å². The Hall–Kier alpha value is -1.49. The quantitative estimate of drug-likeness (QED) is 0.681. The predicted molar refractivity (Wildman–Crippen MR) is 80.1 cm³/mol. The second kappa shape index (κ2) is 4.12. The molecule has 0 spiro atoms. The van der Waals surface area contributed by atoms with Gasteiger partial charge in [-0.3, -0.25) is 14.4 Å². The van der Waals surface area contributed by atoms with Crippen LogP contribution in [0.25, 0.3) is 0 Å². The first kappa shape index (κ1) is 15.1. The zero-order valence-electron chi connectivity index (χ0n) is 13.8. The smallest absolute Gasteiger partial charge is 0.310 e. The molecule has 2 saturated carbocycles. The largest absolute Gasteiger partial charge is 0.459 e. The van der Waals surface area contributed by atoms with Crippen LogP contribution >= 0.6 is 0 Å². The third kappa shape index (κ3) is 1.41. The summed E-state index contributed by atoms with van der Waals surface area (Å²) in [6.07, 6.45) is 0.255. The van der Waals surface area contributed by atoms with Crippen molar-refractivity contribution in [2.45, 2.75) is 46.3 Å². The SMILES string of the molecule is CC1=CC(=O)[C@@]2(C)C1CC(=O)[C@]1(C)C2C(O)[C@@H]2OC(=O)[C@H]1[C@H]2C. The van der Waals surface area contributed by atoms with Crippen LogP contribution in [0.2, 0.25) is 0 Å². The van der Waals surface area contributed by atoms with Gasteiger partial charge >= 0.3 is 5.97 Å². The number of ether oxygens (including phenoxy) is 1. The number of fused-ring (bicyclic) bond motifs is 6. The van der Waals surface area contributed by atoms with Crippen LogP contribution in [0.15, 0.2) is 11.6 Å². The van der Waals surface area contributed by atoms with Gasteiger partial charge in [-0.2, -0.15) is 0 Å². The molecule has 0 radical (unpaired) electrons. The molecule has 4 rings (SSSR count). The Morgan fingerprint density at radius 2 is 1.87 bits per heavy atom. The minimum atomic E-state index is -1.04. The maximum absolute atomic E-state index is 13.1. The van der Waals surface area contributed by atoms with Crippen LogP contribution in [0.4, 0.5) is 0 Å². The Morgan fingerprint density at radius 3 is 2.52 bits per heavy atom. The second-order valence-corrected chi connectivity index (χ2v) is 8.20. The van der Waals surface area contributed by atoms with Gasteiger partial charge in [0.05, 0.1) is 12.0 Å². The normalized spacial score (nSPS) is 54.5. The number of carbonyl (C=O) groups is 3. The van der Waals surface area contributed by atoms with E-state index in [1.54, 1.807) is 13.0 Å². The molecular formula is C18H22O5. The zero-order chi connectivity index (χ0) is 16.9. The van der Waals surface area contributed by atoms with Gasteiger partial charge in [0.1, 0.15) is 11.9 Å². The number of carbonyl (C=O) groups excluding carboxylic acids is 3. The fourth-order valence-electron chi connectivity index (χ4n) is 6.21. The van der Waals surface area contributed by atoms with Crippen molar-refractivity contribution < 1.29 is 24.2 Å². The minimum Gasteiger partial charge on any atom is -0.459 e. The monoisotopic (exact) mass is 318 g/mol. The standard InChI is InChI=1S/C18H22O5/c1-7-5-10(19)17(3)9(7)6-11(20)18(4)12-8(2)14(23-16(12)22)13(21)15(17)18/h5,8-9,12-15,21H,6H2,1-4H3/t8-,9?,12-,13?,14-,15?,17-,18+/m1/s1. The molecule has 0 aromatic carbocycles. The Kier molecular flexibility index (Phi) is 2.70. The van der Waals surface area contributed by atoms with Crippen molar-refractivity contribution in [2.24, 2.45) is 34.5 Å². The summed E-state index contributed by atoms with van der Waals surface area (Å²) >= 11 is 0. The van der Waals surface area contributed by atoms with Crippen molar-refractivity contribution in [2.75, 3.05) is 0 Å². The number of aliphatic hydroxyl groups excluding tert-OH is 1. The lowest BCUT2D eigenvalue weighted by Crippen LogP contribution is -2.67. The van der Waals surface area contributed by atoms with Gasteiger partial charge in [-0.1, -0.05) is 26.3 Å². The van der Waals surface area contributed by atoms with Crippen LogP contribution in [-0.4, -0.2) is 34.9 Å². The number of ketones is 2. The highest BCUT2D eigenvalue weighted by molar-refractivity contribution is 6.03. The van der Waals surface area contributed by atoms with Crippen LogP contribution in [0.1, 0.15) is 34.1 Å². The van der Waals surface area contributed by atoms with E-state index in [1.807, 2.05) is 20.8 Å². The molecule has 1 aliphatic heterocycles. The first-order valence-electron chi connectivity index (χ1n) is 8.29. The van der Waals surface area contributed by atoms with Crippen LogP contribution in [0.3, 0.4) is 0 Å². The lowest BCUT2D eigenvalue weighted by molar-refractivity contribution is -0.186. The van der Waals surface area contributed by atoms with E-state index in [4.69, 9.17) is 4.74 Å². The summed E-state index contributed by atoms with van der Waals surface area (Å²) in [6, 6.07) is 0. The number of allylic oxidation sites excluding steroid dienone is 2. The molecular weight excluding hydrogens is 296 g/mol. The molecule has 5 heteroatoms. The highest BCUT2D eigenvalue weighted by Gasteiger charge is 2.74. The van der Waals surface area contributed by atoms with Crippen molar-refractivity contribution in [3.8, 4) is 0 Å². The summed E-state index contributed by atoms with van der Waals surface area (Å²) in [7, 11) is 0. The summed E-state index contributed by atoms with van der Waals surface area (Å²) in [5.74, 6) is -2.02. The second-order valence-electron chi connectivity index (χ2n) is 8.20. The van der Waals surface area contributed by atoms with Crippen molar-refractivity contribution >= 4 is 17.5 Å². The Balaban J connectivity index is 1.94. The maximum atomic E-state index is 13.1. The van der Waals surface area contributed by atoms with E-state index < -0.39 is 40.8 Å². The van der Waals surface area contributed by atoms with Gasteiger partial charge in [0.25, 0.3) is 0 Å². The van der Waals surface area contributed by atoms with Crippen molar-refractivity contribution in [1.29, 1.82) is 0 Å². The van der Waals surface area contributed by atoms with E-state index in [0.29, 0.717) is 0 Å². The molecule has 5 nitrogen and oxygen atoms in total. The fraction of sp³-hybridized carbons (Fsp3) is 0.722. The first-order valence-corrected chi connectivity index (χ1v) is 8.29. The molecule has 1 heterocycles. The van der Waals surface area contributed by atoms with Gasteiger partial charge in [0.2, 0.25) is 0 Å². The first-order chi connectivity index (χ1) is 10.6. The highest BCUT2D eigenvalue weighted by atomic mass is 16.6. The molecule has 0 amide bonds. The molecule has 8 atom stereocenters. The molecule has 2 bridgehead atoms. The average molecular weight is 318 g/mol. The number of rotatable bonds is 0. The number of hydrogen-bond donors (Lipinski definition) is 1. The number of hydrogen-bond acceptors (Lipinski definition) is 5. The van der Waals surface area contributed by atoms with Crippen LogP contribution < -0.4 is 0 Å². The van der Waals surface area contributed by atoms with E-state index in [2.05, 4.69) is 0 Å². The van der Waals surface area contributed by atoms with E-state index in [1.165, 1.54) is 0 Å². The maximum Gasteiger partial charge on any atom is 0.310 e. The average Bonchev–Trinajstić information content (AvgIpc) is 2.83. The lowest BCUT2D eigenvalue weighted by atomic mass is 9.42. The molecule has 1 N–H and O–H groups in total. The van der Waals surface area contributed by atoms with Gasteiger partial charge in [-0.25, -0.2) is 0 Å². The Labute approximate surface area is 135 Å². The fourth-order valence-corrected chi connectivity index (χ4v) is 6.21. The van der Waals surface area contributed by atoms with Gasteiger partial charge in [-0.15, -0.1) is 0 Å². The van der Waals surface area contributed by atoms with E-state index in [9.17, 15) is 19.5 Å². The number of Topliss-reactive ketones (excluding diaryl/α,β-unsaturated/α-hetero) is 1. The van der Waals surface area contributed by atoms with Crippen LogP contribution in [0.5, 0.6) is 0 Å². The number of aliphatic hydroxyl groups is 1. The summed E-state index contributed by atoms with van der Waals surface area (Å²) < 4.78 is 5.40. The van der Waals surface area contributed by atoms with Crippen LogP contribution in [0, 0.1) is 34.5 Å². The molecule has 124 valence electrons. The molecule has 0 aromatic heterocycles. The predicted octanol–water partition coefficient (Wildman–Crippen LogP) is 1.29. The molecule has 3 fully saturated rings. The summed E-state index contributed by atoms with van der Waals surface area (Å²) in [5, 5.41) is 11.0. The van der Waals surface area contributed by atoms with Gasteiger partial charge in [0, 0.05) is 29.1 Å². The highest BCUT2D eigenvalue weighted by Crippen LogP contribution is 2.66. The third-order valence-corrected chi connectivity index (χ3v) is 7.32. The van der Waals surface area contributed by atoms with E-state index >= 15 is 0 Å². The van der Waals surface area contributed by atoms with E-state index in [-0.39, 0.29) is 29.8 Å². The molecule has 3 aliphatic carbocycles. The molecule has 23 heavy (non-hydrogen) atoms. The molecule has 0 aromatic rings. The van der Waals surface area contributed by atoms with Gasteiger partial charge in [-0.05, 0) is 18.9 Å². The van der Waals surface area contributed by atoms with Crippen LogP contribution in [-0.2, 0) is 19.1 Å². The molecule has 3 unspecified atom stereocenters. The number of esters is 1. The summed E-state index contributed by atoms with van der Waals surface area (Å²) in [6.45, 7) is 7.34. The summed E-state index contributed by atoms with van der Waals surface area (Å²) in [5.41, 5.74) is -0.975. The topological polar surface area (TPSA) is 80.7 Å². The van der Waals surface area contributed by atoms with Gasteiger partial charge < -0.3 is 9.84 Å². The summed E-state index contributed by atoms with van der Waals surface area (Å²) in [4.78, 5) is 38.2. The Morgan fingerprint density at radius 1 is 1.22 bits per heavy atom. The Bertz CT molecular complexity index is 679. The van der Waals surface area contributed by atoms with Crippen molar-refractivity contribution in [3.05, 3.63) is 11.6 Å². The third-order valence-electron chi connectivity index (χ3n) is 7.32. The molecule has 4 aliphatic rings. The lowest BCUT2D eigenvalue weighted by Gasteiger charge is -2.58. The van der Waals surface area contributed by atoms with E-state index in [0.717, 1.165) is 5.57 Å². The molecule has 1 saturated heterocycles. The van der Waals surface area contributed by atoms with Crippen molar-refractivity contribution in [3.63, 3.8) is 0 Å². The zero-order valence-corrected chi connectivity index (χ0v) is 13.8.